The van der Waals surface area contributed by atoms with E-state index in [2.05, 4.69) is 5.16 Å². The van der Waals surface area contributed by atoms with Crippen LogP contribution < -0.4 is 4.90 Å². The van der Waals surface area contributed by atoms with Gasteiger partial charge in [-0.2, -0.15) is 0 Å². The van der Waals surface area contributed by atoms with Gasteiger partial charge in [0.1, 0.15) is 23.7 Å². The number of rotatable bonds is 5. The van der Waals surface area contributed by atoms with E-state index in [0.717, 1.165) is 25.9 Å². The Morgan fingerprint density at radius 2 is 2.12 bits per heavy atom. The van der Waals surface area contributed by atoms with Gasteiger partial charge < -0.3 is 14.2 Å². The molecule has 0 aliphatic carbocycles. The number of carbonyl (C=O) groups is 1. The van der Waals surface area contributed by atoms with Crippen molar-refractivity contribution < 1.29 is 19.0 Å². The molecule has 0 radical (unpaired) electrons. The van der Waals surface area contributed by atoms with E-state index in [9.17, 15) is 14.9 Å². The minimum Gasteiger partial charge on any atom is -0.455 e. The number of carbonyl (C=O) groups excluding carboxylic acids is 1. The number of esters is 1. The van der Waals surface area contributed by atoms with Crippen molar-refractivity contribution in [1.82, 2.24) is 5.16 Å². The third-order valence-electron chi connectivity index (χ3n) is 3.88. The standard InChI is InChI=1S/C16H17N3O5/c1-11-8-13(17-24-11)10-23-16(20)12-4-5-14(15(9-12)19(21)22)18-6-2-3-7-18/h4-5,8-9H,2-3,6-7,10H2,1H3. The van der Waals surface area contributed by atoms with Gasteiger partial charge in [-0.3, -0.25) is 10.1 Å². The second kappa shape index (κ2) is 6.69. The molecule has 1 aromatic heterocycles. The van der Waals surface area contributed by atoms with E-state index in [4.69, 9.17) is 9.26 Å². The smallest absolute Gasteiger partial charge is 0.338 e. The van der Waals surface area contributed by atoms with Crippen molar-refractivity contribution in [2.24, 2.45) is 0 Å². The molecule has 0 saturated carbocycles. The number of anilines is 1. The lowest BCUT2D eigenvalue weighted by Gasteiger charge is -2.17. The summed E-state index contributed by atoms with van der Waals surface area (Å²) < 4.78 is 10.0. The minimum absolute atomic E-state index is 0.0438. The maximum absolute atomic E-state index is 12.1. The number of hydrogen-bond acceptors (Lipinski definition) is 7. The van der Waals surface area contributed by atoms with Gasteiger partial charge in [0.25, 0.3) is 5.69 Å². The Morgan fingerprint density at radius 1 is 1.38 bits per heavy atom. The number of benzene rings is 1. The molecule has 0 atom stereocenters. The van der Waals surface area contributed by atoms with Gasteiger partial charge in [0.2, 0.25) is 0 Å². The molecular weight excluding hydrogens is 314 g/mol. The van der Waals surface area contributed by atoms with E-state index in [1.54, 1.807) is 25.1 Å². The summed E-state index contributed by atoms with van der Waals surface area (Å²) >= 11 is 0. The zero-order valence-electron chi connectivity index (χ0n) is 13.2. The first-order valence-corrected chi connectivity index (χ1v) is 7.67. The summed E-state index contributed by atoms with van der Waals surface area (Å²) in [5.74, 6) is -0.0154. The lowest BCUT2D eigenvalue weighted by Crippen LogP contribution is -2.19. The molecule has 126 valence electrons. The third-order valence-corrected chi connectivity index (χ3v) is 3.88. The zero-order valence-corrected chi connectivity index (χ0v) is 13.2. The van der Waals surface area contributed by atoms with E-state index in [0.29, 0.717) is 17.1 Å². The van der Waals surface area contributed by atoms with Crippen LogP contribution in [-0.2, 0) is 11.3 Å². The number of hydrogen-bond donors (Lipinski definition) is 0. The van der Waals surface area contributed by atoms with Crippen molar-refractivity contribution in [3.05, 3.63) is 51.4 Å². The van der Waals surface area contributed by atoms with Crippen LogP contribution in [0.1, 0.15) is 34.7 Å². The first-order valence-electron chi connectivity index (χ1n) is 7.67. The highest BCUT2D eigenvalue weighted by molar-refractivity contribution is 5.91. The van der Waals surface area contributed by atoms with Crippen LogP contribution in [0.3, 0.4) is 0 Å². The highest BCUT2D eigenvalue weighted by Gasteiger charge is 2.24. The Morgan fingerprint density at radius 3 is 2.75 bits per heavy atom. The summed E-state index contributed by atoms with van der Waals surface area (Å²) in [6.07, 6.45) is 2.02. The summed E-state index contributed by atoms with van der Waals surface area (Å²) in [5.41, 5.74) is 1.10. The molecule has 8 heteroatoms. The number of ether oxygens (including phenoxy) is 1. The van der Waals surface area contributed by atoms with Gasteiger partial charge >= 0.3 is 5.97 Å². The zero-order chi connectivity index (χ0) is 17.1. The molecule has 1 saturated heterocycles. The van der Waals surface area contributed by atoms with Gasteiger partial charge in [0, 0.05) is 25.2 Å². The second-order valence-electron chi connectivity index (χ2n) is 5.66. The first-order chi connectivity index (χ1) is 11.5. The lowest BCUT2D eigenvalue weighted by atomic mass is 10.1. The molecule has 1 aromatic carbocycles. The number of aromatic nitrogens is 1. The Hall–Kier alpha value is -2.90. The quantitative estimate of drug-likeness (QED) is 0.472. The highest BCUT2D eigenvalue weighted by Crippen LogP contribution is 2.31. The van der Waals surface area contributed by atoms with Crippen molar-refractivity contribution in [1.29, 1.82) is 0 Å². The molecule has 0 unspecified atom stereocenters. The molecule has 0 spiro atoms. The average molecular weight is 331 g/mol. The first kappa shape index (κ1) is 16.0. The monoisotopic (exact) mass is 331 g/mol. The van der Waals surface area contributed by atoms with Crippen molar-refractivity contribution >= 4 is 17.3 Å². The third kappa shape index (κ3) is 3.37. The van der Waals surface area contributed by atoms with Crippen molar-refractivity contribution in [2.45, 2.75) is 26.4 Å². The SMILES string of the molecule is Cc1cc(COC(=O)c2ccc(N3CCCC3)c([N+](=O)[O-])c2)no1. The van der Waals surface area contributed by atoms with Crippen LogP contribution >= 0.6 is 0 Å². The van der Waals surface area contributed by atoms with E-state index in [1.807, 2.05) is 4.90 Å². The molecular formula is C16H17N3O5. The predicted molar refractivity (Wildman–Crippen MR) is 84.9 cm³/mol. The van der Waals surface area contributed by atoms with E-state index < -0.39 is 10.9 Å². The maximum atomic E-state index is 12.1. The molecule has 24 heavy (non-hydrogen) atoms. The molecule has 0 amide bonds. The summed E-state index contributed by atoms with van der Waals surface area (Å²) in [6, 6.07) is 6.09. The van der Waals surface area contributed by atoms with Crippen LogP contribution in [0.25, 0.3) is 0 Å². The van der Waals surface area contributed by atoms with Gasteiger partial charge in [-0.25, -0.2) is 4.79 Å². The molecule has 2 aromatic rings. The summed E-state index contributed by atoms with van der Waals surface area (Å²) in [6.45, 7) is 3.27. The molecule has 0 N–H and O–H groups in total. The topological polar surface area (TPSA) is 98.7 Å². The fourth-order valence-corrected chi connectivity index (χ4v) is 2.73. The fraction of sp³-hybridized carbons (Fsp3) is 0.375. The fourth-order valence-electron chi connectivity index (χ4n) is 2.73. The van der Waals surface area contributed by atoms with Gasteiger partial charge in [-0.15, -0.1) is 0 Å². The lowest BCUT2D eigenvalue weighted by molar-refractivity contribution is -0.384. The van der Waals surface area contributed by atoms with Crippen molar-refractivity contribution in [3.63, 3.8) is 0 Å². The highest BCUT2D eigenvalue weighted by atomic mass is 16.6. The van der Waals surface area contributed by atoms with E-state index in [1.165, 1.54) is 6.07 Å². The minimum atomic E-state index is -0.633. The van der Waals surface area contributed by atoms with E-state index >= 15 is 0 Å². The number of nitro benzene ring substituents is 1. The molecule has 0 bridgehead atoms. The summed E-state index contributed by atoms with van der Waals surface area (Å²) in [5, 5.41) is 15.1. The van der Waals surface area contributed by atoms with Gasteiger partial charge in [-0.1, -0.05) is 5.16 Å². The van der Waals surface area contributed by atoms with E-state index in [-0.39, 0.29) is 17.9 Å². The van der Waals surface area contributed by atoms with Crippen molar-refractivity contribution in [3.8, 4) is 0 Å². The Kier molecular flexibility index (Phi) is 4.45. The summed E-state index contributed by atoms with van der Waals surface area (Å²) in [4.78, 5) is 25.0. The van der Waals surface area contributed by atoms with Crippen LogP contribution in [0, 0.1) is 17.0 Å². The molecule has 1 fully saturated rings. The average Bonchev–Trinajstić information content (AvgIpc) is 3.23. The second-order valence-corrected chi connectivity index (χ2v) is 5.66. The van der Waals surface area contributed by atoms with Crippen LogP contribution in [0.4, 0.5) is 11.4 Å². The Balaban J connectivity index is 1.76. The van der Waals surface area contributed by atoms with Crippen molar-refractivity contribution in [2.75, 3.05) is 18.0 Å². The predicted octanol–water partition coefficient (Wildman–Crippen LogP) is 2.85. The maximum Gasteiger partial charge on any atom is 0.338 e. The van der Waals surface area contributed by atoms with Gasteiger partial charge in [-0.05, 0) is 31.9 Å². The molecule has 1 aliphatic heterocycles. The van der Waals surface area contributed by atoms with Crippen LogP contribution in [0.2, 0.25) is 0 Å². The number of aryl methyl sites for hydroxylation is 1. The summed E-state index contributed by atoms with van der Waals surface area (Å²) in [7, 11) is 0. The number of nitrogens with zero attached hydrogens (tertiary/aromatic N) is 3. The van der Waals surface area contributed by atoms with Crippen LogP contribution in [0.15, 0.2) is 28.8 Å². The molecule has 2 heterocycles. The van der Waals surface area contributed by atoms with Crippen LogP contribution in [-0.4, -0.2) is 29.1 Å². The Labute approximate surface area is 138 Å². The number of nitro groups is 1. The van der Waals surface area contributed by atoms with Crippen LogP contribution in [0.5, 0.6) is 0 Å². The van der Waals surface area contributed by atoms with Gasteiger partial charge in [0.05, 0.1) is 10.5 Å². The molecule has 1 aliphatic rings. The van der Waals surface area contributed by atoms with Gasteiger partial charge in [0.15, 0.2) is 0 Å². The Bertz CT molecular complexity index is 765. The largest absolute Gasteiger partial charge is 0.455 e. The molecule has 8 nitrogen and oxygen atoms in total. The molecule has 3 rings (SSSR count). The normalized spacial score (nSPS) is 14.0.